The Morgan fingerprint density at radius 1 is 1.15 bits per heavy atom. The van der Waals surface area contributed by atoms with Gasteiger partial charge in [-0.25, -0.2) is 18.1 Å². The molecule has 0 saturated carbocycles. The second-order valence-electron chi connectivity index (χ2n) is 4.25. The van der Waals surface area contributed by atoms with Crippen LogP contribution in [0.3, 0.4) is 0 Å². The third-order valence-corrected chi connectivity index (χ3v) is 4.20. The predicted octanol–water partition coefficient (Wildman–Crippen LogP) is 1.34. The number of pyridine rings is 1. The van der Waals surface area contributed by atoms with Crippen LogP contribution in [-0.2, 0) is 16.6 Å². The van der Waals surface area contributed by atoms with Gasteiger partial charge in [-0.05, 0) is 23.8 Å². The predicted molar refractivity (Wildman–Crippen MR) is 75.8 cm³/mol. The van der Waals surface area contributed by atoms with Crippen molar-refractivity contribution >= 4 is 21.7 Å². The lowest BCUT2D eigenvalue weighted by molar-refractivity contribution is 0.591. The molecule has 7 heteroatoms. The number of sulfonamides is 1. The van der Waals surface area contributed by atoms with E-state index in [4.69, 9.17) is 0 Å². The first-order valence-corrected chi connectivity index (χ1v) is 7.46. The Hall–Kier alpha value is -2.41. The van der Waals surface area contributed by atoms with E-state index in [1.807, 2.05) is 12.1 Å². The van der Waals surface area contributed by atoms with Gasteiger partial charge in [0.25, 0.3) is 10.0 Å². The highest BCUT2D eigenvalue weighted by Gasteiger charge is 2.25. The minimum absolute atomic E-state index is 0.215. The summed E-state index contributed by atoms with van der Waals surface area (Å²) >= 11 is 0. The fraction of sp³-hybridized carbons (Fsp3) is 0.0769. The molecule has 1 aliphatic rings. The van der Waals surface area contributed by atoms with Crippen molar-refractivity contribution in [3.05, 3.63) is 54.4 Å². The molecule has 0 spiro atoms. The second-order valence-corrected chi connectivity index (χ2v) is 5.90. The number of guanidine groups is 1. The van der Waals surface area contributed by atoms with Crippen molar-refractivity contribution in [3.63, 3.8) is 0 Å². The summed E-state index contributed by atoms with van der Waals surface area (Å²) in [7, 11) is -3.55. The molecule has 3 rings (SSSR count). The molecule has 0 atom stereocenters. The first kappa shape index (κ1) is 12.6. The molecule has 102 valence electrons. The molecule has 2 N–H and O–H groups in total. The van der Waals surface area contributed by atoms with Gasteiger partial charge in [-0.15, -0.1) is 0 Å². The Morgan fingerprint density at radius 3 is 2.80 bits per heavy atom. The van der Waals surface area contributed by atoms with E-state index < -0.39 is 10.0 Å². The van der Waals surface area contributed by atoms with E-state index in [-0.39, 0.29) is 10.9 Å². The van der Waals surface area contributed by atoms with Gasteiger partial charge in [0.05, 0.1) is 12.2 Å². The van der Waals surface area contributed by atoms with Crippen LogP contribution in [0.25, 0.3) is 0 Å². The molecule has 2 aromatic rings. The van der Waals surface area contributed by atoms with Crippen LogP contribution in [0.1, 0.15) is 5.56 Å². The summed E-state index contributed by atoms with van der Waals surface area (Å²) in [6.07, 6.45) is 3.36. The summed E-state index contributed by atoms with van der Waals surface area (Å²) in [4.78, 5) is 8.43. The Labute approximate surface area is 116 Å². The van der Waals surface area contributed by atoms with Crippen LogP contribution in [-0.4, -0.2) is 19.4 Å². The van der Waals surface area contributed by atoms with E-state index in [0.717, 1.165) is 5.56 Å². The van der Waals surface area contributed by atoms with Gasteiger partial charge in [0.15, 0.2) is 0 Å². The number of rotatable bonds is 2. The van der Waals surface area contributed by atoms with Crippen molar-refractivity contribution in [2.45, 2.75) is 11.4 Å². The Morgan fingerprint density at radius 2 is 2.00 bits per heavy atom. The average Bonchev–Trinajstić information content (AvgIpc) is 2.46. The van der Waals surface area contributed by atoms with Crippen molar-refractivity contribution in [1.29, 1.82) is 0 Å². The van der Waals surface area contributed by atoms with Crippen molar-refractivity contribution in [1.82, 2.24) is 9.71 Å². The number of aliphatic imine (C=N–C) groups is 1. The molecule has 1 aliphatic heterocycles. The summed E-state index contributed by atoms with van der Waals surface area (Å²) in [6, 6.07) is 10.4. The number of anilines is 1. The minimum Gasteiger partial charge on any atom is -0.324 e. The first-order chi connectivity index (χ1) is 9.65. The fourth-order valence-corrected chi connectivity index (χ4v) is 3.02. The molecular weight excluding hydrogens is 276 g/mol. The second kappa shape index (κ2) is 4.93. The zero-order chi connectivity index (χ0) is 14.0. The number of benzene rings is 1. The normalized spacial score (nSPS) is 17.9. The van der Waals surface area contributed by atoms with Crippen LogP contribution < -0.4 is 10.0 Å². The van der Waals surface area contributed by atoms with E-state index in [1.54, 1.807) is 36.7 Å². The van der Waals surface area contributed by atoms with E-state index in [0.29, 0.717) is 12.2 Å². The molecule has 6 nitrogen and oxygen atoms in total. The number of nitrogens with zero attached hydrogens (tertiary/aromatic N) is 2. The maximum atomic E-state index is 12.1. The Kier molecular flexibility index (Phi) is 3.11. The lowest BCUT2D eigenvalue weighted by Crippen LogP contribution is -2.40. The van der Waals surface area contributed by atoms with Crippen LogP contribution in [0.2, 0.25) is 0 Å². The maximum Gasteiger partial charge on any atom is 0.266 e. The monoisotopic (exact) mass is 288 g/mol. The molecule has 20 heavy (non-hydrogen) atoms. The molecular formula is C13H12N4O2S. The smallest absolute Gasteiger partial charge is 0.266 e. The third kappa shape index (κ3) is 2.48. The van der Waals surface area contributed by atoms with Gasteiger partial charge in [0.2, 0.25) is 5.96 Å². The Bertz CT molecular complexity index is 757. The van der Waals surface area contributed by atoms with E-state index in [1.165, 1.54) is 0 Å². The molecule has 1 aromatic heterocycles. The Balaban J connectivity index is 1.88. The number of fused-ring (bicyclic) bond motifs is 1. The summed E-state index contributed by atoms with van der Waals surface area (Å²) in [5, 5.41) is 2.96. The van der Waals surface area contributed by atoms with Gasteiger partial charge >= 0.3 is 0 Å². The molecule has 0 unspecified atom stereocenters. The van der Waals surface area contributed by atoms with Gasteiger partial charge in [-0.2, -0.15) is 0 Å². The van der Waals surface area contributed by atoms with E-state index in [9.17, 15) is 8.42 Å². The molecule has 0 bridgehead atoms. The van der Waals surface area contributed by atoms with Gasteiger partial charge < -0.3 is 5.32 Å². The minimum atomic E-state index is -3.55. The molecule has 0 aliphatic carbocycles. The van der Waals surface area contributed by atoms with E-state index >= 15 is 0 Å². The SMILES string of the molecule is O=S1(=O)NC(=NCc2cccnc2)Nc2ccccc21. The number of hydrogen-bond donors (Lipinski definition) is 2. The molecule has 0 fully saturated rings. The van der Waals surface area contributed by atoms with Gasteiger partial charge in [-0.3, -0.25) is 4.98 Å². The molecule has 0 radical (unpaired) electrons. The number of para-hydroxylation sites is 1. The molecule has 1 aromatic carbocycles. The summed E-state index contributed by atoms with van der Waals surface area (Å²) in [5.74, 6) is 0.215. The zero-order valence-corrected chi connectivity index (χ0v) is 11.3. The lowest BCUT2D eigenvalue weighted by Gasteiger charge is -2.21. The van der Waals surface area contributed by atoms with E-state index in [2.05, 4.69) is 20.0 Å². The van der Waals surface area contributed by atoms with Gasteiger partial charge in [-0.1, -0.05) is 18.2 Å². The summed E-state index contributed by atoms with van der Waals surface area (Å²) in [5.41, 5.74) is 1.43. The topological polar surface area (TPSA) is 83.5 Å². The molecule has 2 heterocycles. The lowest BCUT2D eigenvalue weighted by atomic mass is 10.3. The number of nitrogens with one attached hydrogen (secondary N) is 2. The molecule has 0 amide bonds. The zero-order valence-electron chi connectivity index (χ0n) is 10.4. The number of aromatic nitrogens is 1. The van der Waals surface area contributed by atoms with Crippen LogP contribution in [0, 0.1) is 0 Å². The first-order valence-electron chi connectivity index (χ1n) is 5.97. The highest BCUT2D eigenvalue weighted by atomic mass is 32.2. The summed E-state index contributed by atoms with van der Waals surface area (Å²) in [6.45, 7) is 0.348. The maximum absolute atomic E-state index is 12.1. The largest absolute Gasteiger partial charge is 0.324 e. The van der Waals surface area contributed by atoms with Crippen molar-refractivity contribution in [2.24, 2.45) is 4.99 Å². The highest BCUT2D eigenvalue weighted by molar-refractivity contribution is 7.90. The number of hydrogen-bond acceptors (Lipinski definition) is 4. The van der Waals surface area contributed by atoms with Crippen molar-refractivity contribution < 1.29 is 8.42 Å². The fourth-order valence-electron chi connectivity index (χ4n) is 1.87. The standard InChI is InChI=1S/C13H12N4O2S/c18-20(19)12-6-2-1-5-11(12)16-13(17-20)15-9-10-4-3-7-14-8-10/h1-8H,9H2,(H2,15,16,17). The van der Waals surface area contributed by atoms with Crippen LogP contribution >= 0.6 is 0 Å². The third-order valence-electron chi connectivity index (χ3n) is 2.80. The molecule has 0 saturated heterocycles. The van der Waals surface area contributed by atoms with Crippen molar-refractivity contribution in [3.8, 4) is 0 Å². The highest BCUT2D eigenvalue weighted by Crippen LogP contribution is 2.23. The van der Waals surface area contributed by atoms with Crippen LogP contribution in [0.5, 0.6) is 0 Å². The quantitative estimate of drug-likeness (QED) is 0.873. The average molecular weight is 288 g/mol. The summed E-state index contributed by atoms with van der Waals surface area (Å²) < 4.78 is 26.5. The van der Waals surface area contributed by atoms with Crippen molar-refractivity contribution in [2.75, 3.05) is 5.32 Å². The van der Waals surface area contributed by atoms with Crippen LogP contribution in [0.15, 0.2) is 58.7 Å². The van der Waals surface area contributed by atoms with Gasteiger partial charge in [0, 0.05) is 12.4 Å². The van der Waals surface area contributed by atoms with Crippen LogP contribution in [0.4, 0.5) is 5.69 Å². The van der Waals surface area contributed by atoms with Gasteiger partial charge in [0.1, 0.15) is 4.90 Å².